The van der Waals surface area contributed by atoms with Gasteiger partial charge in [-0.3, -0.25) is 9.69 Å². The van der Waals surface area contributed by atoms with E-state index in [1.807, 2.05) is 13.8 Å². The van der Waals surface area contributed by atoms with Crippen molar-refractivity contribution < 1.29 is 4.79 Å². The van der Waals surface area contributed by atoms with E-state index in [1.54, 1.807) is 0 Å². The lowest BCUT2D eigenvalue weighted by Crippen LogP contribution is -2.24. The molecule has 1 heterocycles. The third-order valence-electron chi connectivity index (χ3n) is 2.48. The van der Waals surface area contributed by atoms with Crippen LogP contribution in [0.3, 0.4) is 0 Å². The molecular weight excluding hydrogens is 164 g/mol. The Morgan fingerprint density at radius 2 is 2.31 bits per heavy atom. The molecule has 0 bridgehead atoms. The molecular formula is C10H20N2O. The van der Waals surface area contributed by atoms with E-state index in [2.05, 4.69) is 10.2 Å². The van der Waals surface area contributed by atoms with Gasteiger partial charge < -0.3 is 5.32 Å². The van der Waals surface area contributed by atoms with Gasteiger partial charge in [0.1, 0.15) is 5.78 Å². The van der Waals surface area contributed by atoms with Gasteiger partial charge in [0, 0.05) is 32.1 Å². The van der Waals surface area contributed by atoms with Gasteiger partial charge in [0.15, 0.2) is 0 Å². The van der Waals surface area contributed by atoms with Crippen LogP contribution in [-0.2, 0) is 4.79 Å². The summed E-state index contributed by atoms with van der Waals surface area (Å²) in [5.74, 6) is 0.601. The summed E-state index contributed by atoms with van der Waals surface area (Å²) in [6.45, 7) is 8.23. The summed E-state index contributed by atoms with van der Waals surface area (Å²) in [6, 6.07) is 0. The Morgan fingerprint density at radius 3 is 2.85 bits per heavy atom. The molecule has 0 radical (unpaired) electrons. The highest BCUT2D eigenvalue weighted by molar-refractivity contribution is 5.80. The van der Waals surface area contributed by atoms with E-state index in [4.69, 9.17) is 0 Å². The molecule has 0 unspecified atom stereocenters. The SMILES string of the molecule is CC(C)C(=O)CCCN1CCNC1. The van der Waals surface area contributed by atoms with Crippen LogP contribution in [0.25, 0.3) is 0 Å². The first-order valence-electron chi connectivity index (χ1n) is 5.16. The third kappa shape index (κ3) is 3.87. The predicted molar refractivity (Wildman–Crippen MR) is 53.5 cm³/mol. The third-order valence-corrected chi connectivity index (χ3v) is 2.48. The van der Waals surface area contributed by atoms with E-state index in [-0.39, 0.29) is 5.92 Å². The number of hydrogen-bond acceptors (Lipinski definition) is 3. The minimum absolute atomic E-state index is 0.205. The molecule has 0 aromatic heterocycles. The van der Waals surface area contributed by atoms with Gasteiger partial charge in [-0.25, -0.2) is 0 Å². The molecule has 0 aromatic rings. The van der Waals surface area contributed by atoms with Crippen molar-refractivity contribution in [2.75, 3.05) is 26.3 Å². The van der Waals surface area contributed by atoms with Crippen LogP contribution in [-0.4, -0.2) is 37.0 Å². The fourth-order valence-corrected chi connectivity index (χ4v) is 1.51. The van der Waals surface area contributed by atoms with Gasteiger partial charge in [0.05, 0.1) is 0 Å². The quantitative estimate of drug-likeness (QED) is 0.687. The minimum atomic E-state index is 0.205. The Balaban J connectivity index is 2.03. The largest absolute Gasteiger partial charge is 0.303 e. The van der Waals surface area contributed by atoms with Gasteiger partial charge in [0.25, 0.3) is 0 Å². The molecule has 1 N–H and O–H groups in total. The number of hydrogen-bond donors (Lipinski definition) is 1. The van der Waals surface area contributed by atoms with E-state index >= 15 is 0 Å². The van der Waals surface area contributed by atoms with Gasteiger partial charge in [-0.15, -0.1) is 0 Å². The summed E-state index contributed by atoms with van der Waals surface area (Å²) in [5, 5.41) is 3.27. The first-order valence-corrected chi connectivity index (χ1v) is 5.16. The number of ketones is 1. The number of rotatable bonds is 5. The minimum Gasteiger partial charge on any atom is -0.303 e. The van der Waals surface area contributed by atoms with Gasteiger partial charge in [-0.2, -0.15) is 0 Å². The molecule has 1 saturated heterocycles. The molecule has 0 spiro atoms. The van der Waals surface area contributed by atoms with E-state index in [0.29, 0.717) is 5.78 Å². The topological polar surface area (TPSA) is 32.3 Å². The normalized spacial score (nSPS) is 18.4. The summed E-state index contributed by atoms with van der Waals surface area (Å²) in [7, 11) is 0. The Hall–Kier alpha value is -0.410. The van der Waals surface area contributed by atoms with Crippen LogP contribution in [0, 0.1) is 5.92 Å². The second-order valence-corrected chi connectivity index (χ2v) is 4.00. The lowest BCUT2D eigenvalue weighted by Gasteiger charge is -2.13. The highest BCUT2D eigenvalue weighted by Crippen LogP contribution is 2.03. The van der Waals surface area contributed by atoms with E-state index in [0.717, 1.165) is 39.1 Å². The Bertz CT molecular complexity index is 162. The fourth-order valence-electron chi connectivity index (χ4n) is 1.51. The molecule has 0 aromatic carbocycles. The molecule has 13 heavy (non-hydrogen) atoms. The van der Waals surface area contributed by atoms with Crippen LogP contribution in [0.2, 0.25) is 0 Å². The van der Waals surface area contributed by atoms with Crippen molar-refractivity contribution in [3.63, 3.8) is 0 Å². The first kappa shape index (κ1) is 10.7. The second kappa shape index (κ2) is 5.35. The van der Waals surface area contributed by atoms with Crippen molar-refractivity contribution in [2.45, 2.75) is 26.7 Å². The lowest BCUT2D eigenvalue weighted by molar-refractivity contribution is -0.122. The van der Waals surface area contributed by atoms with Crippen LogP contribution >= 0.6 is 0 Å². The molecule has 1 aliphatic heterocycles. The molecule has 0 atom stereocenters. The number of Topliss-reactive ketones (excluding diaryl/α,β-unsaturated/α-hetero) is 1. The Morgan fingerprint density at radius 1 is 1.54 bits per heavy atom. The summed E-state index contributed by atoms with van der Waals surface area (Å²) in [6.07, 6.45) is 1.76. The molecule has 1 aliphatic rings. The Labute approximate surface area is 80.5 Å². The summed E-state index contributed by atoms with van der Waals surface area (Å²) in [4.78, 5) is 13.6. The highest BCUT2D eigenvalue weighted by Gasteiger charge is 2.11. The number of carbonyl (C=O) groups excluding carboxylic acids is 1. The second-order valence-electron chi connectivity index (χ2n) is 4.00. The van der Waals surface area contributed by atoms with Crippen molar-refractivity contribution in [1.29, 1.82) is 0 Å². The van der Waals surface area contributed by atoms with E-state index in [1.165, 1.54) is 0 Å². The zero-order valence-electron chi connectivity index (χ0n) is 8.68. The van der Waals surface area contributed by atoms with Crippen molar-refractivity contribution in [2.24, 2.45) is 5.92 Å². The maximum absolute atomic E-state index is 11.3. The van der Waals surface area contributed by atoms with E-state index in [9.17, 15) is 4.79 Å². The molecule has 76 valence electrons. The van der Waals surface area contributed by atoms with Crippen molar-refractivity contribution in [3.8, 4) is 0 Å². The van der Waals surface area contributed by atoms with Gasteiger partial charge in [0.2, 0.25) is 0 Å². The van der Waals surface area contributed by atoms with Gasteiger partial charge >= 0.3 is 0 Å². The summed E-state index contributed by atoms with van der Waals surface area (Å²) < 4.78 is 0. The highest BCUT2D eigenvalue weighted by atomic mass is 16.1. The fraction of sp³-hybridized carbons (Fsp3) is 0.900. The van der Waals surface area contributed by atoms with Crippen LogP contribution in [0.1, 0.15) is 26.7 Å². The number of nitrogens with one attached hydrogen (secondary N) is 1. The van der Waals surface area contributed by atoms with Crippen molar-refractivity contribution >= 4 is 5.78 Å². The molecule has 0 aliphatic carbocycles. The molecule has 3 nitrogen and oxygen atoms in total. The Kier molecular flexibility index (Phi) is 4.39. The van der Waals surface area contributed by atoms with Crippen LogP contribution in [0.4, 0.5) is 0 Å². The maximum Gasteiger partial charge on any atom is 0.135 e. The molecule has 0 saturated carbocycles. The number of carbonyl (C=O) groups is 1. The van der Waals surface area contributed by atoms with Gasteiger partial charge in [-0.1, -0.05) is 13.8 Å². The van der Waals surface area contributed by atoms with Crippen molar-refractivity contribution in [3.05, 3.63) is 0 Å². The van der Waals surface area contributed by atoms with Crippen molar-refractivity contribution in [1.82, 2.24) is 10.2 Å². The lowest BCUT2D eigenvalue weighted by atomic mass is 10.0. The smallest absolute Gasteiger partial charge is 0.135 e. The summed E-state index contributed by atoms with van der Waals surface area (Å²) in [5.41, 5.74) is 0. The molecule has 1 rings (SSSR count). The average Bonchev–Trinajstić information content (AvgIpc) is 2.56. The molecule has 1 fully saturated rings. The average molecular weight is 184 g/mol. The van der Waals surface area contributed by atoms with Crippen LogP contribution < -0.4 is 5.32 Å². The molecule has 3 heteroatoms. The molecule has 0 amide bonds. The number of nitrogens with zero attached hydrogens (tertiary/aromatic N) is 1. The first-order chi connectivity index (χ1) is 6.20. The van der Waals surface area contributed by atoms with Crippen LogP contribution in [0.15, 0.2) is 0 Å². The maximum atomic E-state index is 11.3. The standard InChI is InChI=1S/C10H20N2O/c1-9(2)10(13)4-3-6-12-7-5-11-8-12/h9,11H,3-8H2,1-2H3. The monoisotopic (exact) mass is 184 g/mol. The van der Waals surface area contributed by atoms with E-state index < -0.39 is 0 Å². The summed E-state index contributed by atoms with van der Waals surface area (Å²) >= 11 is 0. The van der Waals surface area contributed by atoms with Crippen LogP contribution in [0.5, 0.6) is 0 Å². The zero-order chi connectivity index (χ0) is 9.68. The van der Waals surface area contributed by atoms with Gasteiger partial charge in [-0.05, 0) is 13.0 Å². The zero-order valence-corrected chi connectivity index (χ0v) is 8.68. The predicted octanol–water partition coefficient (Wildman–Crippen LogP) is 0.854.